The van der Waals surface area contributed by atoms with Gasteiger partial charge in [-0.2, -0.15) is 9.28 Å². The van der Waals surface area contributed by atoms with Gasteiger partial charge in [0.2, 0.25) is 0 Å². The van der Waals surface area contributed by atoms with Gasteiger partial charge >= 0.3 is 6.09 Å². The molecule has 3 nitrogen and oxygen atoms in total. The van der Waals surface area contributed by atoms with E-state index in [0.717, 1.165) is 5.69 Å². The monoisotopic (exact) mass is 262 g/mol. The summed E-state index contributed by atoms with van der Waals surface area (Å²) < 4.78 is 4.80. The molecule has 0 aliphatic heterocycles. The van der Waals surface area contributed by atoms with Gasteiger partial charge in [0.15, 0.2) is 12.0 Å². The van der Waals surface area contributed by atoms with E-state index >= 15 is 0 Å². The fourth-order valence-corrected chi connectivity index (χ4v) is 2.06. The Labute approximate surface area is 105 Å². The van der Waals surface area contributed by atoms with Crippen molar-refractivity contribution in [1.82, 2.24) is 4.48 Å². The Hall–Kier alpha value is -0.770. The average Bonchev–Trinajstić information content (AvgIpc) is 2.33. The van der Waals surface area contributed by atoms with Crippen molar-refractivity contribution in [2.24, 2.45) is 0 Å². The number of hydrogen-bond acceptors (Lipinski definition) is 2. The van der Waals surface area contributed by atoms with Crippen LogP contribution in [0.2, 0.25) is 0 Å². The van der Waals surface area contributed by atoms with Crippen LogP contribution >= 0.6 is 23.2 Å². The number of para-hydroxylation sites is 1. The quantitative estimate of drug-likeness (QED) is 0.472. The van der Waals surface area contributed by atoms with E-state index in [4.69, 9.17) is 27.9 Å². The van der Waals surface area contributed by atoms with Crippen molar-refractivity contribution >= 4 is 35.0 Å². The van der Waals surface area contributed by atoms with Crippen molar-refractivity contribution in [3.8, 4) is 0 Å². The van der Waals surface area contributed by atoms with Crippen LogP contribution in [0.3, 0.4) is 0 Å². The summed E-state index contributed by atoms with van der Waals surface area (Å²) in [7, 11) is 0. The Balaban J connectivity index is 3.10. The number of carbonyl (C=O) groups excluding carboxylic acids is 1. The molecule has 0 aliphatic carbocycles. The largest absolute Gasteiger partial charge is 0.523 e. The normalized spacial score (nSPS) is 11.2. The molecule has 1 aromatic rings. The predicted molar refractivity (Wildman–Crippen MR) is 66.7 cm³/mol. The van der Waals surface area contributed by atoms with Gasteiger partial charge in [-0.05, 0) is 19.1 Å². The van der Waals surface area contributed by atoms with Gasteiger partial charge in [0.05, 0.1) is 6.61 Å². The van der Waals surface area contributed by atoms with Gasteiger partial charge < -0.3 is 4.74 Å². The van der Waals surface area contributed by atoms with Crippen molar-refractivity contribution in [3.05, 3.63) is 30.3 Å². The molecule has 1 aromatic carbocycles. The third-order valence-electron chi connectivity index (χ3n) is 2.28. The fraction of sp³-hybridized carbons (Fsp3) is 0.364. The zero-order valence-corrected chi connectivity index (χ0v) is 10.5. The summed E-state index contributed by atoms with van der Waals surface area (Å²) in [5, 5.41) is 0. The number of ether oxygens (including phenoxy) is 1. The van der Waals surface area contributed by atoms with Gasteiger partial charge in [0.25, 0.3) is 0 Å². The Morgan fingerprint density at radius 1 is 1.25 bits per heavy atom. The minimum absolute atomic E-state index is 0.0480. The van der Waals surface area contributed by atoms with E-state index in [1.165, 1.54) is 0 Å². The number of halogens is 2. The van der Waals surface area contributed by atoms with Crippen LogP contribution in [-0.2, 0) is 4.74 Å². The molecule has 1 rings (SSSR count). The number of rotatable bonds is 4. The molecule has 0 aromatic heterocycles. The first kappa shape index (κ1) is 13.3. The van der Waals surface area contributed by atoms with Crippen molar-refractivity contribution in [2.75, 3.05) is 18.6 Å². The maximum absolute atomic E-state index is 11.9. The van der Waals surface area contributed by atoms with E-state index in [-0.39, 0.29) is 16.5 Å². The number of benzene rings is 1. The lowest BCUT2D eigenvalue weighted by Crippen LogP contribution is -2.52. The van der Waals surface area contributed by atoms with E-state index in [1.54, 1.807) is 6.92 Å². The lowest BCUT2D eigenvalue weighted by Gasteiger charge is -2.29. The van der Waals surface area contributed by atoms with E-state index < -0.39 is 6.09 Å². The van der Waals surface area contributed by atoms with Gasteiger partial charge in [-0.1, -0.05) is 41.4 Å². The molecule has 0 N–H and O–H groups in total. The first-order chi connectivity index (χ1) is 7.71. The molecular formula is C11H14Cl2NO2+. The highest BCUT2D eigenvalue weighted by atomic mass is 35.5. The highest BCUT2D eigenvalue weighted by molar-refractivity contribution is 6.23. The maximum Gasteiger partial charge on any atom is 0.523 e. The van der Waals surface area contributed by atoms with Crippen molar-refractivity contribution in [1.29, 1.82) is 0 Å². The van der Waals surface area contributed by atoms with E-state index in [0.29, 0.717) is 6.61 Å². The molecular weight excluding hydrogens is 249 g/mol. The number of quaternary nitrogens is 1. The zero-order valence-electron chi connectivity index (χ0n) is 9.03. The second-order valence-corrected chi connectivity index (χ2v) is 3.72. The third kappa shape index (κ3) is 2.48. The van der Waals surface area contributed by atoms with E-state index in [2.05, 4.69) is 0 Å². The second-order valence-electron chi connectivity index (χ2n) is 3.24. The minimum atomic E-state index is -0.432. The van der Waals surface area contributed by atoms with Crippen LogP contribution in [0.15, 0.2) is 30.3 Å². The Kier molecular flexibility index (Phi) is 5.06. The molecule has 5 heteroatoms. The zero-order chi connectivity index (χ0) is 12.0. The molecule has 0 heterocycles. The molecule has 0 fully saturated rings. The van der Waals surface area contributed by atoms with Crippen LogP contribution < -0.4 is 4.48 Å². The van der Waals surface area contributed by atoms with Gasteiger partial charge in [0, 0.05) is 0 Å². The smallest absolute Gasteiger partial charge is 0.420 e. The van der Waals surface area contributed by atoms with Gasteiger partial charge in [-0.25, -0.2) is 0 Å². The lowest BCUT2D eigenvalue weighted by atomic mass is 10.3. The molecule has 0 saturated heterocycles. The number of hydrogen-bond donors (Lipinski definition) is 0. The summed E-state index contributed by atoms with van der Waals surface area (Å²) in [5.41, 5.74) is 0.728. The molecule has 0 saturated carbocycles. The number of carbonyl (C=O) groups is 1. The molecule has 1 amide bonds. The van der Waals surface area contributed by atoms with Crippen LogP contribution in [0.25, 0.3) is 0 Å². The topological polar surface area (TPSA) is 26.3 Å². The first-order valence-electron chi connectivity index (χ1n) is 4.93. The fourth-order valence-electron chi connectivity index (χ4n) is 1.33. The molecule has 0 bridgehead atoms. The van der Waals surface area contributed by atoms with Gasteiger partial charge in [-0.15, -0.1) is 0 Å². The number of amides is 1. The molecule has 0 radical (unpaired) electrons. The summed E-state index contributed by atoms with van der Waals surface area (Å²) >= 11 is 11.8. The summed E-state index contributed by atoms with van der Waals surface area (Å²) in [6.07, 6.45) is -0.432. The highest BCUT2D eigenvalue weighted by Gasteiger charge is 2.39. The van der Waals surface area contributed by atoms with Crippen molar-refractivity contribution in [3.63, 3.8) is 0 Å². The summed E-state index contributed by atoms with van der Waals surface area (Å²) in [5.74, 6) is 0. The van der Waals surface area contributed by atoms with Gasteiger partial charge in [0.1, 0.15) is 5.69 Å². The maximum atomic E-state index is 11.9. The highest BCUT2D eigenvalue weighted by Crippen LogP contribution is 2.26. The van der Waals surface area contributed by atoms with E-state index in [1.807, 2.05) is 30.3 Å². The minimum Gasteiger partial charge on any atom is -0.420 e. The van der Waals surface area contributed by atoms with Crippen LogP contribution in [0.1, 0.15) is 6.92 Å². The van der Waals surface area contributed by atoms with Crippen LogP contribution in [-0.4, -0.2) is 24.7 Å². The Bertz CT molecular complexity index is 339. The molecule has 0 unspecified atom stereocenters. The van der Waals surface area contributed by atoms with Crippen LogP contribution in [0.4, 0.5) is 10.5 Å². The van der Waals surface area contributed by atoms with Crippen LogP contribution in [0, 0.1) is 0 Å². The first-order valence-corrected chi connectivity index (χ1v) is 6.00. The molecule has 16 heavy (non-hydrogen) atoms. The second kappa shape index (κ2) is 6.09. The Morgan fingerprint density at radius 2 is 1.81 bits per heavy atom. The molecule has 0 atom stereocenters. The molecule has 0 aliphatic rings. The van der Waals surface area contributed by atoms with Crippen LogP contribution in [0.5, 0.6) is 0 Å². The van der Waals surface area contributed by atoms with Gasteiger partial charge in [-0.3, -0.25) is 0 Å². The lowest BCUT2D eigenvalue weighted by molar-refractivity contribution is 0.120. The number of nitrogens with zero attached hydrogens (tertiary/aromatic N) is 1. The molecule has 88 valence electrons. The van der Waals surface area contributed by atoms with E-state index in [9.17, 15) is 4.79 Å². The molecule has 0 spiro atoms. The summed E-state index contributed by atoms with van der Waals surface area (Å²) in [4.78, 5) is 11.9. The van der Waals surface area contributed by atoms with Crippen molar-refractivity contribution in [2.45, 2.75) is 6.92 Å². The average molecular weight is 263 g/mol. The number of alkyl halides is 2. The Morgan fingerprint density at radius 3 is 2.25 bits per heavy atom. The standard InChI is InChI=1S/C11H14Cl2NO2/c1-2-16-11(15)14(8-12,9-13)10-6-4-3-5-7-10/h3-7H,2,8-9H2,1H3/q+1. The summed E-state index contributed by atoms with van der Waals surface area (Å²) in [6, 6.07) is 9.25. The SMILES string of the molecule is CCOC(=O)[N+](CCl)(CCl)c1ccccc1. The predicted octanol–water partition coefficient (Wildman–Crippen LogP) is 3.54. The third-order valence-corrected chi connectivity index (χ3v) is 3.09. The van der Waals surface area contributed by atoms with Crippen molar-refractivity contribution < 1.29 is 9.53 Å². The summed E-state index contributed by atoms with van der Waals surface area (Å²) in [6.45, 7) is 2.06.